The van der Waals surface area contributed by atoms with E-state index in [0.29, 0.717) is 13.0 Å². The third-order valence-electron chi connectivity index (χ3n) is 7.68. The highest BCUT2D eigenvalue weighted by Crippen LogP contribution is 2.48. The molecule has 0 N–H and O–H groups in total. The summed E-state index contributed by atoms with van der Waals surface area (Å²) in [6, 6.07) is 17.1. The van der Waals surface area contributed by atoms with E-state index >= 15 is 0 Å². The van der Waals surface area contributed by atoms with Gasteiger partial charge in [-0.2, -0.15) is 0 Å². The van der Waals surface area contributed by atoms with Crippen LogP contribution in [-0.4, -0.2) is 62.5 Å². The Morgan fingerprint density at radius 2 is 1.56 bits per heavy atom. The third kappa shape index (κ3) is 3.98. The first kappa shape index (κ1) is 24.5. The molecule has 2 aromatic carbocycles. The number of rotatable bonds is 5. The van der Waals surface area contributed by atoms with Gasteiger partial charge in [0.05, 0.1) is 25.6 Å². The summed E-state index contributed by atoms with van der Waals surface area (Å²) in [5.74, 6) is -0.331. The van der Waals surface area contributed by atoms with E-state index in [4.69, 9.17) is 4.74 Å². The lowest BCUT2D eigenvalue weighted by atomic mass is 9.89. The van der Waals surface area contributed by atoms with Gasteiger partial charge in [0.15, 0.2) is 0 Å². The van der Waals surface area contributed by atoms with E-state index in [2.05, 4.69) is 0 Å². The highest BCUT2D eigenvalue weighted by atomic mass is 16.5. The number of ether oxygens (including phenoxy) is 1. The van der Waals surface area contributed by atoms with Crippen molar-refractivity contribution in [2.75, 3.05) is 13.7 Å². The van der Waals surface area contributed by atoms with Crippen LogP contribution in [0.1, 0.15) is 57.7 Å². The topological polar surface area (TPSA) is 73.4 Å². The number of hydrogen-bond donors (Lipinski definition) is 0. The summed E-state index contributed by atoms with van der Waals surface area (Å²) < 4.78 is 5.34. The summed E-state index contributed by atoms with van der Waals surface area (Å²) in [5, 5.41) is 7.01. The third-order valence-corrected chi connectivity index (χ3v) is 7.68. The quantitative estimate of drug-likeness (QED) is 0.597. The second kappa shape index (κ2) is 8.71. The Balaban J connectivity index is 1.53. The van der Waals surface area contributed by atoms with Crippen LogP contribution < -0.4 is 4.74 Å². The lowest BCUT2D eigenvalue weighted by Crippen LogP contribution is -2.52. The highest BCUT2D eigenvalue weighted by molar-refractivity contribution is 5.98. The maximum absolute atomic E-state index is 14.3. The molecule has 0 saturated carbocycles. The van der Waals surface area contributed by atoms with Crippen LogP contribution in [0.3, 0.4) is 0 Å². The lowest BCUT2D eigenvalue weighted by Gasteiger charge is -2.39. The van der Waals surface area contributed by atoms with E-state index in [1.54, 1.807) is 12.1 Å². The first-order valence-corrected chi connectivity index (χ1v) is 12.5. The van der Waals surface area contributed by atoms with Crippen molar-refractivity contribution in [3.63, 3.8) is 0 Å². The largest absolute Gasteiger partial charge is 0.497 e. The molecule has 3 amide bonds. The Labute approximate surface area is 212 Å². The SMILES string of the molecule is COc1ccc([C@@H]2[C@H](C(=O)N3C(=O)CC(C)(C)N3Cc3ccccc3)CN3C(=O)CC(C)(C)N23)cc1. The van der Waals surface area contributed by atoms with Crippen molar-refractivity contribution in [1.82, 2.24) is 20.0 Å². The molecule has 5 rings (SSSR count). The second-order valence-electron chi connectivity index (χ2n) is 11.2. The van der Waals surface area contributed by atoms with Gasteiger partial charge in [0, 0.05) is 30.5 Å². The number of methoxy groups -OCH3 is 1. The molecule has 0 radical (unpaired) electrons. The summed E-state index contributed by atoms with van der Waals surface area (Å²) in [4.78, 5) is 40.6. The second-order valence-corrected chi connectivity index (χ2v) is 11.2. The molecule has 3 heterocycles. The van der Waals surface area contributed by atoms with Gasteiger partial charge in [-0.15, -0.1) is 0 Å². The number of hydrogen-bond acceptors (Lipinski definition) is 6. The number of imide groups is 1. The Morgan fingerprint density at radius 1 is 0.917 bits per heavy atom. The van der Waals surface area contributed by atoms with Gasteiger partial charge in [0.25, 0.3) is 5.91 Å². The number of nitrogens with zero attached hydrogens (tertiary/aromatic N) is 4. The molecule has 0 spiro atoms. The summed E-state index contributed by atoms with van der Waals surface area (Å²) in [7, 11) is 1.61. The summed E-state index contributed by atoms with van der Waals surface area (Å²) in [6.45, 7) is 8.74. The monoisotopic (exact) mass is 490 g/mol. The van der Waals surface area contributed by atoms with Crippen LogP contribution in [0.4, 0.5) is 0 Å². The van der Waals surface area contributed by atoms with Gasteiger partial charge < -0.3 is 4.74 Å². The van der Waals surface area contributed by atoms with Crippen molar-refractivity contribution >= 4 is 17.7 Å². The zero-order chi connectivity index (χ0) is 25.8. The van der Waals surface area contributed by atoms with Gasteiger partial charge in [-0.25, -0.2) is 15.0 Å². The maximum Gasteiger partial charge on any atom is 0.250 e. The van der Waals surface area contributed by atoms with Crippen molar-refractivity contribution in [3.05, 3.63) is 65.7 Å². The van der Waals surface area contributed by atoms with E-state index in [1.807, 2.05) is 92.3 Å². The lowest BCUT2D eigenvalue weighted by molar-refractivity contribution is -0.165. The molecule has 190 valence electrons. The predicted molar refractivity (Wildman–Crippen MR) is 134 cm³/mol. The Kier molecular flexibility index (Phi) is 5.92. The van der Waals surface area contributed by atoms with E-state index < -0.39 is 17.0 Å². The minimum absolute atomic E-state index is 0.00281. The molecular formula is C28H34N4O4. The predicted octanol–water partition coefficient (Wildman–Crippen LogP) is 3.55. The van der Waals surface area contributed by atoms with Crippen LogP contribution in [-0.2, 0) is 20.9 Å². The molecule has 0 unspecified atom stereocenters. The van der Waals surface area contributed by atoms with Crippen LogP contribution >= 0.6 is 0 Å². The Bertz CT molecular complexity index is 1180. The molecule has 8 nitrogen and oxygen atoms in total. The van der Waals surface area contributed by atoms with E-state index in [9.17, 15) is 14.4 Å². The van der Waals surface area contributed by atoms with Gasteiger partial charge in [-0.1, -0.05) is 42.5 Å². The summed E-state index contributed by atoms with van der Waals surface area (Å²) in [6.07, 6.45) is 0.639. The number of amides is 3. The van der Waals surface area contributed by atoms with Gasteiger partial charge >= 0.3 is 0 Å². The molecule has 3 saturated heterocycles. The molecule has 2 aromatic rings. The standard InChI is InChI=1S/C28H34N4O4/c1-27(2)16-24(34)31(30(27)17-19-9-7-6-8-10-19)26(35)22-18-29-23(33)15-28(3,4)32(29)25(22)20-11-13-21(36-5)14-12-20/h6-14,22,25H,15-18H2,1-5H3/t22-,25-/m1/s1. The average molecular weight is 491 g/mol. The van der Waals surface area contributed by atoms with Gasteiger partial charge in [-0.3, -0.25) is 19.4 Å². The van der Waals surface area contributed by atoms with Crippen LogP contribution in [0.2, 0.25) is 0 Å². The molecule has 36 heavy (non-hydrogen) atoms. The van der Waals surface area contributed by atoms with Crippen molar-refractivity contribution in [1.29, 1.82) is 0 Å². The van der Waals surface area contributed by atoms with Crippen LogP contribution in [0.5, 0.6) is 5.75 Å². The molecule has 0 aliphatic carbocycles. The first-order chi connectivity index (χ1) is 17.0. The molecule has 8 heteroatoms. The Morgan fingerprint density at radius 3 is 2.19 bits per heavy atom. The minimum atomic E-state index is -0.585. The first-order valence-electron chi connectivity index (χ1n) is 12.5. The summed E-state index contributed by atoms with van der Waals surface area (Å²) >= 11 is 0. The molecule has 0 bridgehead atoms. The van der Waals surface area contributed by atoms with Crippen LogP contribution in [0.15, 0.2) is 54.6 Å². The van der Waals surface area contributed by atoms with Gasteiger partial charge in [0.2, 0.25) is 11.8 Å². The van der Waals surface area contributed by atoms with Crippen molar-refractivity contribution in [3.8, 4) is 5.75 Å². The molecule has 2 atom stereocenters. The molecule has 3 fully saturated rings. The van der Waals surface area contributed by atoms with Crippen molar-refractivity contribution < 1.29 is 19.1 Å². The number of fused-ring (bicyclic) bond motifs is 1. The normalized spacial score (nSPS) is 25.5. The van der Waals surface area contributed by atoms with Gasteiger partial charge in [0.1, 0.15) is 5.75 Å². The summed E-state index contributed by atoms with van der Waals surface area (Å²) in [5.41, 5.74) is 0.980. The zero-order valence-corrected chi connectivity index (χ0v) is 21.6. The number of hydrazine groups is 2. The van der Waals surface area contributed by atoms with Crippen LogP contribution in [0.25, 0.3) is 0 Å². The van der Waals surface area contributed by atoms with Crippen LogP contribution in [0, 0.1) is 5.92 Å². The minimum Gasteiger partial charge on any atom is -0.497 e. The zero-order valence-electron chi connectivity index (χ0n) is 21.6. The fraction of sp³-hybridized carbons (Fsp3) is 0.464. The maximum atomic E-state index is 14.3. The molecule has 3 aliphatic heterocycles. The average Bonchev–Trinajstić information content (AvgIpc) is 3.42. The fourth-order valence-corrected chi connectivity index (χ4v) is 5.93. The Hall–Kier alpha value is -3.23. The van der Waals surface area contributed by atoms with E-state index in [1.165, 1.54) is 5.01 Å². The molecule has 3 aliphatic rings. The number of carbonyl (C=O) groups excluding carboxylic acids is 3. The molecular weight excluding hydrogens is 456 g/mol. The van der Waals surface area contributed by atoms with Crippen molar-refractivity contribution in [2.24, 2.45) is 5.92 Å². The van der Waals surface area contributed by atoms with Gasteiger partial charge in [-0.05, 0) is 51.0 Å². The smallest absolute Gasteiger partial charge is 0.250 e. The highest BCUT2D eigenvalue weighted by Gasteiger charge is 2.59. The number of carbonyl (C=O) groups is 3. The number of benzene rings is 2. The fourth-order valence-electron chi connectivity index (χ4n) is 5.93. The van der Waals surface area contributed by atoms with Crippen molar-refractivity contribution in [2.45, 2.75) is 64.2 Å². The van der Waals surface area contributed by atoms with E-state index in [-0.39, 0.29) is 36.7 Å². The molecule has 0 aromatic heterocycles. The van der Waals surface area contributed by atoms with E-state index in [0.717, 1.165) is 16.9 Å².